The fraction of sp³-hybridized carbons (Fsp3) is 0.231. The maximum atomic E-state index is 9.01. The molecule has 80 valence electrons. The minimum atomic E-state index is 0.586. The van der Waals surface area contributed by atoms with Gasteiger partial charge in [0.25, 0.3) is 0 Å². The minimum Gasteiger partial charge on any atom is -0.372 e. The number of hydrogen-bond donors (Lipinski definition) is 1. The largest absolute Gasteiger partial charge is 0.372 e. The van der Waals surface area contributed by atoms with Crippen molar-refractivity contribution in [2.24, 2.45) is 0 Å². The second kappa shape index (κ2) is 4.19. The normalized spacial score (nSPS) is 10.1. The van der Waals surface area contributed by atoms with Gasteiger partial charge in [-0.2, -0.15) is 5.26 Å². The van der Waals surface area contributed by atoms with Gasteiger partial charge < -0.3 is 5.32 Å². The van der Waals surface area contributed by atoms with E-state index in [1.54, 1.807) is 7.05 Å². The lowest BCUT2D eigenvalue weighted by atomic mass is 10.1. The number of aryl methyl sites for hydroxylation is 1. The lowest BCUT2D eigenvalue weighted by molar-refractivity contribution is 1.14. The van der Waals surface area contributed by atoms with Crippen molar-refractivity contribution < 1.29 is 0 Å². The summed E-state index contributed by atoms with van der Waals surface area (Å²) in [5.74, 6) is 0.638. The van der Waals surface area contributed by atoms with Gasteiger partial charge >= 0.3 is 0 Å². The van der Waals surface area contributed by atoms with Crippen molar-refractivity contribution in [1.29, 1.82) is 5.26 Å². The molecule has 3 nitrogen and oxygen atoms in total. The standard InChI is InChI=1S/C13H13N3/c1-3-9-4-5-12-10(6-9)7-11(8-14)13(15-2)16-12/h4-7H,3H2,1-2H3,(H,15,16). The van der Waals surface area contributed by atoms with Crippen LogP contribution in [0.2, 0.25) is 0 Å². The Morgan fingerprint density at radius 1 is 1.38 bits per heavy atom. The fourth-order valence-electron chi connectivity index (χ4n) is 1.72. The molecule has 0 aliphatic carbocycles. The fourth-order valence-corrected chi connectivity index (χ4v) is 1.72. The van der Waals surface area contributed by atoms with Crippen LogP contribution >= 0.6 is 0 Å². The Balaban J connectivity index is 2.69. The van der Waals surface area contributed by atoms with Crippen molar-refractivity contribution in [2.75, 3.05) is 12.4 Å². The average molecular weight is 211 g/mol. The van der Waals surface area contributed by atoms with Gasteiger partial charge in [0.15, 0.2) is 0 Å². The molecule has 0 aliphatic rings. The quantitative estimate of drug-likeness (QED) is 0.830. The first kappa shape index (κ1) is 10.4. The molecule has 1 heterocycles. The van der Waals surface area contributed by atoms with Crippen LogP contribution in [0.25, 0.3) is 10.9 Å². The number of benzene rings is 1. The molecule has 0 unspecified atom stereocenters. The number of nitriles is 1. The molecule has 0 radical (unpaired) electrons. The number of rotatable bonds is 2. The monoisotopic (exact) mass is 211 g/mol. The predicted octanol–water partition coefficient (Wildman–Crippen LogP) is 2.71. The topological polar surface area (TPSA) is 48.7 Å². The summed E-state index contributed by atoms with van der Waals surface area (Å²) in [5, 5.41) is 13.0. The average Bonchev–Trinajstić information content (AvgIpc) is 2.36. The van der Waals surface area contributed by atoms with E-state index in [2.05, 4.69) is 35.4 Å². The summed E-state index contributed by atoms with van der Waals surface area (Å²) in [6.45, 7) is 2.11. The Labute approximate surface area is 94.7 Å². The molecule has 1 aromatic carbocycles. The van der Waals surface area contributed by atoms with Gasteiger partial charge in [-0.25, -0.2) is 4.98 Å². The minimum absolute atomic E-state index is 0.586. The third-order valence-electron chi connectivity index (χ3n) is 2.64. The van der Waals surface area contributed by atoms with Crippen LogP contribution in [0.3, 0.4) is 0 Å². The molecule has 2 rings (SSSR count). The molecule has 0 aliphatic heterocycles. The van der Waals surface area contributed by atoms with Gasteiger partial charge in [0.05, 0.1) is 11.1 Å². The highest BCUT2D eigenvalue weighted by Gasteiger charge is 2.05. The molecule has 16 heavy (non-hydrogen) atoms. The van der Waals surface area contributed by atoms with Crippen LogP contribution in [0.4, 0.5) is 5.82 Å². The molecule has 0 spiro atoms. The second-order valence-corrected chi connectivity index (χ2v) is 3.63. The summed E-state index contributed by atoms with van der Waals surface area (Å²) >= 11 is 0. The summed E-state index contributed by atoms with van der Waals surface area (Å²) in [5.41, 5.74) is 2.76. The molecule has 2 aromatic rings. The van der Waals surface area contributed by atoms with E-state index in [-0.39, 0.29) is 0 Å². The van der Waals surface area contributed by atoms with Gasteiger partial charge in [-0.3, -0.25) is 0 Å². The van der Waals surface area contributed by atoms with Crippen molar-refractivity contribution >= 4 is 16.7 Å². The smallest absolute Gasteiger partial charge is 0.144 e. The van der Waals surface area contributed by atoms with Crippen molar-refractivity contribution in [3.63, 3.8) is 0 Å². The molecule has 0 bridgehead atoms. The molecular formula is C13H13N3. The zero-order valence-electron chi connectivity index (χ0n) is 9.41. The SMILES string of the molecule is CCc1ccc2nc(NC)c(C#N)cc2c1. The number of anilines is 1. The molecule has 0 saturated carbocycles. The molecule has 3 heteroatoms. The number of fused-ring (bicyclic) bond motifs is 1. The van der Waals surface area contributed by atoms with Crippen molar-refractivity contribution in [3.8, 4) is 6.07 Å². The summed E-state index contributed by atoms with van der Waals surface area (Å²) in [7, 11) is 1.77. The van der Waals surface area contributed by atoms with E-state index < -0.39 is 0 Å². The molecule has 0 fully saturated rings. The van der Waals surface area contributed by atoms with Crippen molar-refractivity contribution in [2.45, 2.75) is 13.3 Å². The lowest BCUT2D eigenvalue weighted by Crippen LogP contribution is -1.96. The second-order valence-electron chi connectivity index (χ2n) is 3.63. The van der Waals surface area contributed by atoms with Gasteiger partial charge in [-0.1, -0.05) is 13.0 Å². The Hall–Kier alpha value is -2.08. The zero-order valence-corrected chi connectivity index (χ0v) is 9.41. The Morgan fingerprint density at radius 3 is 2.81 bits per heavy atom. The van der Waals surface area contributed by atoms with Crippen LogP contribution < -0.4 is 5.32 Å². The van der Waals surface area contributed by atoms with E-state index in [4.69, 9.17) is 5.26 Å². The first-order valence-electron chi connectivity index (χ1n) is 5.30. The Bertz CT molecular complexity index is 567. The highest BCUT2D eigenvalue weighted by molar-refractivity contribution is 5.83. The van der Waals surface area contributed by atoms with E-state index in [9.17, 15) is 0 Å². The van der Waals surface area contributed by atoms with Crippen molar-refractivity contribution in [3.05, 3.63) is 35.4 Å². The number of aromatic nitrogens is 1. The Morgan fingerprint density at radius 2 is 2.19 bits per heavy atom. The van der Waals surface area contributed by atoms with Crippen LogP contribution in [0, 0.1) is 11.3 Å². The van der Waals surface area contributed by atoms with Crippen molar-refractivity contribution in [1.82, 2.24) is 4.98 Å². The molecular weight excluding hydrogens is 198 g/mol. The number of nitrogens with one attached hydrogen (secondary N) is 1. The van der Waals surface area contributed by atoms with Crippen LogP contribution in [0.1, 0.15) is 18.1 Å². The van der Waals surface area contributed by atoms with Crippen LogP contribution in [-0.4, -0.2) is 12.0 Å². The van der Waals surface area contributed by atoms with Crippen LogP contribution in [0.15, 0.2) is 24.3 Å². The Kier molecular flexibility index (Phi) is 2.74. The van der Waals surface area contributed by atoms with E-state index in [0.717, 1.165) is 17.3 Å². The first-order chi connectivity index (χ1) is 7.78. The highest BCUT2D eigenvalue weighted by Crippen LogP contribution is 2.20. The van der Waals surface area contributed by atoms with E-state index >= 15 is 0 Å². The summed E-state index contributed by atoms with van der Waals surface area (Å²) in [6.07, 6.45) is 0.992. The highest BCUT2D eigenvalue weighted by atomic mass is 15.0. The summed E-state index contributed by atoms with van der Waals surface area (Å²) in [6, 6.07) is 10.2. The zero-order chi connectivity index (χ0) is 11.5. The maximum absolute atomic E-state index is 9.01. The van der Waals surface area contributed by atoms with E-state index in [1.165, 1.54) is 5.56 Å². The van der Waals surface area contributed by atoms with Gasteiger partial charge in [-0.05, 0) is 30.2 Å². The third kappa shape index (κ3) is 1.70. The summed E-state index contributed by atoms with van der Waals surface area (Å²) in [4.78, 5) is 4.41. The van der Waals surface area contributed by atoms with Gasteiger partial charge in [0, 0.05) is 12.4 Å². The predicted molar refractivity (Wildman–Crippen MR) is 65.4 cm³/mol. The molecule has 1 aromatic heterocycles. The van der Waals surface area contributed by atoms with Crippen LogP contribution in [0.5, 0.6) is 0 Å². The molecule has 0 amide bonds. The maximum Gasteiger partial charge on any atom is 0.144 e. The van der Waals surface area contributed by atoms with E-state index in [0.29, 0.717) is 11.4 Å². The lowest BCUT2D eigenvalue weighted by Gasteiger charge is -2.05. The first-order valence-corrected chi connectivity index (χ1v) is 5.30. The number of hydrogen-bond acceptors (Lipinski definition) is 3. The number of pyridine rings is 1. The summed E-state index contributed by atoms with van der Waals surface area (Å²) < 4.78 is 0. The van der Waals surface area contributed by atoms with E-state index in [1.807, 2.05) is 12.1 Å². The molecule has 0 atom stereocenters. The molecule has 0 saturated heterocycles. The van der Waals surface area contributed by atoms with Crippen LogP contribution in [-0.2, 0) is 6.42 Å². The molecule has 1 N–H and O–H groups in total. The van der Waals surface area contributed by atoms with Gasteiger partial charge in [0.2, 0.25) is 0 Å². The third-order valence-corrected chi connectivity index (χ3v) is 2.64. The van der Waals surface area contributed by atoms with Gasteiger partial charge in [-0.15, -0.1) is 0 Å². The van der Waals surface area contributed by atoms with Gasteiger partial charge in [0.1, 0.15) is 11.9 Å². The number of nitrogens with zero attached hydrogens (tertiary/aromatic N) is 2.